The molecule has 1 atom stereocenters. The van der Waals surface area contributed by atoms with Gasteiger partial charge in [0.15, 0.2) is 0 Å². The zero-order valence-corrected chi connectivity index (χ0v) is 18.5. The van der Waals surface area contributed by atoms with Crippen LogP contribution in [0.4, 0.5) is 10.1 Å². The zero-order valence-electron chi connectivity index (χ0n) is 17.7. The van der Waals surface area contributed by atoms with Gasteiger partial charge >= 0.3 is 0 Å². The Balaban J connectivity index is 1.59. The number of carbonyl (C=O) groups excluding carboxylic acids is 2. The molecule has 1 saturated carbocycles. The number of aliphatic hydroxyl groups is 1. The van der Waals surface area contributed by atoms with Crippen molar-refractivity contribution in [1.82, 2.24) is 10.0 Å². The van der Waals surface area contributed by atoms with Crippen molar-refractivity contribution in [2.75, 3.05) is 11.9 Å². The Morgan fingerprint density at radius 2 is 1.77 bits per heavy atom. The summed E-state index contributed by atoms with van der Waals surface area (Å²) in [5, 5.41) is 15.0. The highest BCUT2D eigenvalue weighted by molar-refractivity contribution is 7.97. The molecule has 6 nitrogen and oxygen atoms in total. The lowest BCUT2D eigenvalue weighted by molar-refractivity contribution is -0.118. The van der Waals surface area contributed by atoms with Crippen LogP contribution in [0.5, 0.6) is 0 Å². The van der Waals surface area contributed by atoms with E-state index >= 15 is 0 Å². The molecule has 8 heteroatoms. The largest absolute Gasteiger partial charge is 0.394 e. The van der Waals surface area contributed by atoms with Gasteiger partial charge in [0.25, 0.3) is 5.91 Å². The second-order valence-electron chi connectivity index (χ2n) is 8.47. The van der Waals surface area contributed by atoms with Gasteiger partial charge in [-0.1, -0.05) is 12.8 Å². The van der Waals surface area contributed by atoms with Crippen LogP contribution < -0.4 is 15.4 Å². The molecule has 0 spiro atoms. The molecule has 0 bridgehead atoms. The Kier molecular flexibility index (Phi) is 7.69. The van der Waals surface area contributed by atoms with Crippen molar-refractivity contribution in [2.24, 2.45) is 5.92 Å². The maximum Gasteiger partial charge on any atom is 0.251 e. The number of amides is 2. The lowest BCUT2D eigenvalue weighted by atomic mass is 10.1. The molecular weight excluding hydrogens is 417 g/mol. The van der Waals surface area contributed by atoms with Crippen LogP contribution >= 0.6 is 11.9 Å². The number of anilines is 1. The molecule has 0 heterocycles. The molecule has 0 saturated heterocycles. The molecule has 2 aromatic carbocycles. The molecule has 31 heavy (non-hydrogen) atoms. The second-order valence-corrected chi connectivity index (χ2v) is 9.35. The third kappa shape index (κ3) is 7.34. The number of benzene rings is 2. The molecule has 166 valence electrons. The molecule has 1 fully saturated rings. The molecule has 0 radical (unpaired) electrons. The quantitative estimate of drug-likeness (QED) is 0.419. The molecule has 1 unspecified atom stereocenters. The van der Waals surface area contributed by atoms with Crippen molar-refractivity contribution in [3.05, 3.63) is 59.9 Å². The second kappa shape index (κ2) is 10.3. The van der Waals surface area contributed by atoms with E-state index in [1.54, 1.807) is 12.1 Å². The summed E-state index contributed by atoms with van der Waals surface area (Å²) in [5.41, 5.74) is 0.540. The molecule has 2 amide bonds. The number of halogens is 1. The van der Waals surface area contributed by atoms with Crippen molar-refractivity contribution in [3.8, 4) is 0 Å². The number of rotatable bonds is 10. The first kappa shape index (κ1) is 23.2. The molecule has 3 rings (SSSR count). The molecule has 4 N–H and O–H groups in total. The minimum Gasteiger partial charge on any atom is -0.394 e. The van der Waals surface area contributed by atoms with Crippen LogP contribution in [0.15, 0.2) is 53.4 Å². The minimum atomic E-state index is -0.661. The summed E-state index contributed by atoms with van der Waals surface area (Å²) >= 11 is 1.40. The molecule has 0 aromatic heterocycles. The number of hydrogen-bond donors (Lipinski definition) is 4. The monoisotopic (exact) mass is 445 g/mol. The van der Waals surface area contributed by atoms with Crippen molar-refractivity contribution in [3.63, 3.8) is 0 Å². The summed E-state index contributed by atoms with van der Waals surface area (Å²) in [4.78, 5) is 26.3. The Morgan fingerprint density at radius 3 is 2.35 bits per heavy atom. The van der Waals surface area contributed by atoms with E-state index in [1.165, 1.54) is 36.2 Å². The highest BCUT2D eigenvalue weighted by Crippen LogP contribution is 2.34. The smallest absolute Gasteiger partial charge is 0.251 e. The predicted molar refractivity (Wildman–Crippen MR) is 120 cm³/mol. The van der Waals surface area contributed by atoms with Gasteiger partial charge in [-0.05, 0) is 86.7 Å². The minimum absolute atomic E-state index is 0.0141. The van der Waals surface area contributed by atoms with Gasteiger partial charge in [0.1, 0.15) is 11.9 Å². The molecule has 1 aliphatic carbocycles. The number of carbonyl (C=O) groups is 2. The average Bonchev–Trinajstić information content (AvgIpc) is 3.57. The van der Waals surface area contributed by atoms with Gasteiger partial charge in [-0.3, -0.25) is 14.3 Å². The Bertz CT molecular complexity index is 899. The molecule has 1 aliphatic rings. The van der Waals surface area contributed by atoms with E-state index in [0.29, 0.717) is 23.6 Å². The van der Waals surface area contributed by atoms with E-state index in [-0.39, 0.29) is 12.5 Å². The summed E-state index contributed by atoms with van der Waals surface area (Å²) in [6.07, 6.45) is 2.69. The first-order valence-electron chi connectivity index (χ1n) is 10.3. The third-order valence-corrected chi connectivity index (χ3v) is 6.12. The SMILES string of the molecule is CC(C)(CO)NSc1ccc(NC(=O)C(CC2CC2)NC(=O)c2ccc(F)cc2)cc1. The normalized spacial score (nSPS) is 14.7. The summed E-state index contributed by atoms with van der Waals surface area (Å²) < 4.78 is 16.3. The lowest BCUT2D eigenvalue weighted by Crippen LogP contribution is -2.44. The van der Waals surface area contributed by atoms with E-state index < -0.39 is 23.3 Å². The summed E-state index contributed by atoms with van der Waals surface area (Å²) in [6, 6.07) is 11.9. The first-order valence-corrected chi connectivity index (χ1v) is 11.1. The lowest BCUT2D eigenvalue weighted by Gasteiger charge is -2.22. The maximum absolute atomic E-state index is 13.1. The third-order valence-electron chi connectivity index (χ3n) is 4.96. The van der Waals surface area contributed by atoms with Crippen molar-refractivity contribution < 1.29 is 19.1 Å². The average molecular weight is 446 g/mol. The van der Waals surface area contributed by atoms with Crippen LogP contribution in [0.2, 0.25) is 0 Å². The number of hydrogen-bond acceptors (Lipinski definition) is 5. The number of nitrogens with one attached hydrogen (secondary N) is 3. The van der Waals surface area contributed by atoms with Gasteiger partial charge < -0.3 is 15.7 Å². The van der Waals surface area contributed by atoms with E-state index in [4.69, 9.17) is 0 Å². The Hall–Kier alpha value is -2.42. The van der Waals surface area contributed by atoms with Gasteiger partial charge in [0, 0.05) is 21.7 Å². The fourth-order valence-electron chi connectivity index (χ4n) is 2.83. The standard InChI is InChI=1S/C23H28FN3O3S/c1-23(2,14-28)27-31-19-11-9-18(10-12-19)25-22(30)20(13-15-3-4-15)26-21(29)16-5-7-17(24)8-6-16/h5-12,15,20,27-28H,3-4,13-14H2,1-2H3,(H,25,30)(H,26,29). The van der Waals surface area contributed by atoms with Gasteiger partial charge in [-0.15, -0.1) is 0 Å². The zero-order chi connectivity index (χ0) is 22.4. The summed E-state index contributed by atoms with van der Waals surface area (Å²) in [5.74, 6) is -0.656. The topological polar surface area (TPSA) is 90.5 Å². The van der Waals surface area contributed by atoms with Crippen molar-refractivity contribution in [2.45, 2.75) is 49.6 Å². The van der Waals surface area contributed by atoms with Crippen molar-refractivity contribution >= 4 is 29.4 Å². The summed E-state index contributed by atoms with van der Waals surface area (Å²) in [6.45, 7) is 3.81. The Labute approximate surface area is 186 Å². The van der Waals surface area contributed by atoms with E-state index in [9.17, 15) is 19.1 Å². The Morgan fingerprint density at radius 1 is 1.13 bits per heavy atom. The van der Waals surface area contributed by atoms with E-state index in [2.05, 4.69) is 15.4 Å². The van der Waals surface area contributed by atoms with Crippen LogP contribution in [-0.2, 0) is 4.79 Å². The first-order chi connectivity index (χ1) is 14.8. The molecule has 0 aliphatic heterocycles. The fourth-order valence-corrected chi connectivity index (χ4v) is 3.56. The molecular formula is C23H28FN3O3S. The highest BCUT2D eigenvalue weighted by Gasteiger charge is 2.30. The maximum atomic E-state index is 13.1. The molecule has 2 aromatic rings. The summed E-state index contributed by atoms with van der Waals surface area (Å²) in [7, 11) is 0. The predicted octanol–water partition coefficient (Wildman–Crippen LogP) is 3.73. The van der Waals surface area contributed by atoms with Gasteiger partial charge in [0.2, 0.25) is 5.91 Å². The van der Waals surface area contributed by atoms with Crippen LogP contribution in [-0.4, -0.2) is 35.1 Å². The van der Waals surface area contributed by atoms with Gasteiger partial charge in [0.05, 0.1) is 6.61 Å². The van der Waals surface area contributed by atoms with Crippen molar-refractivity contribution in [1.29, 1.82) is 0 Å². The van der Waals surface area contributed by atoms with E-state index in [1.807, 2.05) is 26.0 Å². The van der Waals surface area contributed by atoms with Crippen LogP contribution in [0.1, 0.15) is 43.5 Å². The fraction of sp³-hybridized carbons (Fsp3) is 0.391. The van der Waals surface area contributed by atoms with Gasteiger partial charge in [-0.25, -0.2) is 4.39 Å². The van der Waals surface area contributed by atoms with E-state index in [0.717, 1.165) is 17.7 Å². The van der Waals surface area contributed by atoms with Crippen LogP contribution in [0, 0.1) is 11.7 Å². The van der Waals surface area contributed by atoms with Crippen LogP contribution in [0.3, 0.4) is 0 Å². The number of aliphatic hydroxyl groups excluding tert-OH is 1. The highest BCUT2D eigenvalue weighted by atomic mass is 32.2. The van der Waals surface area contributed by atoms with Crippen LogP contribution in [0.25, 0.3) is 0 Å². The van der Waals surface area contributed by atoms with Gasteiger partial charge in [-0.2, -0.15) is 0 Å².